The highest BCUT2D eigenvalue weighted by atomic mass is 19.1. The number of aliphatic carboxylic acids is 1. The summed E-state index contributed by atoms with van der Waals surface area (Å²) in [6, 6.07) is 4.92. The van der Waals surface area contributed by atoms with E-state index in [4.69, 9.17) is 4.74 Å². The van der Waals surface area contributed by atoms with Gasteiger partial charge in [0.05, 0.1) is 18.8 Å². The van der Waals surface area contributed by atoms with Crippen LogP contribution in [0.25, 0.3) is 10.9 Å². The normalized spacial score (nSPS) is 17.8. The number of carboxylic acids is 1. The van der Waals surface area contributed by atoms with E-state index in [0.29, 0.717) is 43.8 Å². The Bertz CT molecular complexity index is 800. The minimum atomic E-state index is -0.804. The first-order valence-electron chi connectivity index (χ1n) is 9.76. The predicted octanol–water partition coefficient (Wildman–Crippen LogP) is 3.04. The minimum absolute atomic E-state index is 0.334. The summed E-state index contributed by atoms with van der Waals surface area (Å²) >= 11 is 0. The van der Waals surface area contributed by atoms with Gasteiger partial charge in [-0.05, 0) is 50.2 Å². The second-order valence-corrected chi connectivity index (χ2v) is 6.72. The van der Waals surface area contributed by atoms with Gasteiger partial charge in [0.1, 0.15) is 17.6 Å². The number of nitrogens with zero attached hydrogens (tertiary/aromatic N) is 3. The molecular formula is C21H30FN3O3. The van der Waals surface area contributed by atoms with Crippen LogP contribution in [0.1, 0.15) is 25.8 Å². The van der Waals surface area contributed by atoms with Crippen molar-refractivity contribution in [3.8, 4) is 5.75 Å². The van der Waals surface area contributed by atoms with Crippen LogP contribution in [0.2, 0.25) is 0 Å². The van der Waals surface area contributed by atoms with Crippen molar-refractivity contribution in [3.63, 3.8) is 0 Å². The zero-order valence-electron chi connectivity index (χ0n) is 17.1. The molecule has 2 aromatic rings. The molecule has 1 saturated heterocycles. The molecule has 28 heavy (non-hydrogen) atoms. The molecule has 2 heterocycles. The van der Waals surface area contributed by atoms with Crippen molar-refractivity contribution in [2.24, 2.45) is 0 Å². The van der Waals surface area contributed by atoms with Crippen molar-refractivity contribution in [2.75, 3.05) is 40.3 Å². The number of hydrogen-bond donors (Lipinski definition) is 1. The van der Waals surface area contributed by atoms with Gasteiger partial charge in [-0.25, -0.2) is 4.39 Å². The maximum Gasteiger partial charge on any atom is 0.322 e. The van der Waals surface area contributed by atoms with E-state index in [9.17, 15) is 14.3 Å². The molecule has 1 unspecified atom stereocenters. The fraction of sp³-hybridized carbons (Fsp3) is 0.524. The average molecular weight is 391 g/mol. The summed E-state index contributed by atoms with van der Waals surface area (Å²) in [6.07, 6.45) is 2.46. The molecule has 1 aliphatic rings. The SMILES string of the molecule is CC.COc1ccc2ncc(F)c(CCCN3CCN(C)CC3C(=O)O)c2c1. The number of hydrogen-bond acceptors (Lipinski definition) is 5. The third kappa shape index (κ3) is 5.17. The second-order valence-electron chi connectivity index (χ2n) is 6.72. The molecule has 6 nitrogen and oxygen atoms in total. The minimum Gasteiger partial charge on any atom is -0.497 e. The standard InChI is InChI=1S/C19H24FN3O3.C2H6/c1-22-8-9-23(18(12-22)19(24)25)7-3-4-14-15-10-13(26-2)5-6-17(15)21-11-16(14)20;1-2/h5-6,10-11,18H,3-4,7-9,12H2,1-2H3,(H,24,25);1-2H3. The zero-order valence-corrected chi connectivity index (χ0v) is 17.1. The number of rotatable bonds is 6. The van der Waals surface area contributed by atoms with Gasteiger partial charge in [0.25, 0.3) is 0 Å². The molecule has 7 heteroatoms. The number of methoxy groups -OCH3 is 1. The van der Waals surface area contributed by atoms with Gasteiger partial charge >= 0.3 is 5.97 Å². The Kier molecular flexibility index (Phi) is 8.14. The number of aryl methyl sites for hydroxylation is 1. The molecule has 1 aromatic carbocycles. The topological polar surface area (TPSA) is 65.9 Å². The summed E-state index contributed by atoms with van der Waals surface area (Å²) in [6.45, 7) is 6.69. The average Bonchev–Trinajstić information content (AvgIpc) is 2.71. The molecule has 1 aliphatic heterocycles. The molecule has 3 rings (SSSR count). The lowest BCUT2D eigenvalue weighted by Gasteiger charge is -2.37. The Hall–Kier alpha value is -2.25. The molecule has 0 bridgehead atoms. The van der Waals surface area contributed by atoms with Gasteiger partial charge in [0.2, 0.25) is 0 Å². The van der Waals surface area contributed by atoms with Crippen LogP contribution >= 0.6 is 0 Å². The van der Waals surface area contributed by atoms with Crippen molar-refractivity contribution in [1.29, 1.82) is 0 Å². The van der Waals surface area contributed by atoms with E-state index >= 15 is 0 Å². The molecule has 0 saturated carbocycles. The summed E-state index contributed by atoms with van der Waals surface area (Å²) in [7, 11) is 3.51. The lowest BCUT2D eigenvalue weighted by Crippen LogP contribution is -2.55. The number of piperazine rings is 1. The van der Waals surface area contributed by atoms with Crippen LogP contribution in [-0.2, 0) is 11.2 Å². The Morgan fingerprint density at radius 2 is 2.11 bits per heavy atom. The van der Waals surface area contributed by atoms with Crippen LogP contribution in [0.4, 0.5) is 4.39 Å². The Labute approximate surface area is 165 Å². The monoisotopic (exact) mass is 391 g/mol. The lowest BCUT2D eigenvalue weighted by atomic mass is 10.0. The molecule has 1 aromatic heterocycles. The first-order chi connectivity index (χ1) is 13.5. The molecular weight excluding hydrogens is 361 g/mol. The number of ether oxygens (including phenoxy) is 1. The van der Waals surface area contributed by atoms with Crippen LogP contribution in [0.5, 0.6) is 5.75 Å². The van der Waals surface area contributed by atoms with E-state index < -0.39 is 12.0 Å². The van der Waals surface area contributed by atoms with Crippen LogP contribution < -0.4 is 4.74 Å². The van der Waals surface area contributed by atoms with E-state index in [1.165, 1.54) is 6.20 Å². The first kappa shape index (κ1) is 22.0. The first-order valence-corrected chi connectivity index (χ1v) is 9.76. The number of pyridine rings is 1. The van der Waals surface area contributed by atoms with Gasteiger partial charge in [-0.3, -0.25) is 14.7 Å². The van der Waals surface area contributed by atoms with Crippen molar-refractivity contribution >= 4 is 16.9 Å². The summed E-state index contributed by atoms with van der Waals surface area (Å²) in [5.74, 6) is -0.475. The van der Waals surface area contributed by atoms with Crippen LogP contribution in [0.15, 0.2) is 24.4 Å². The van der Waals surface area contributed by atoms with Crippen molar-refractivity contribution in [3.05, 3.63) is 35.8 Å². The molecule has 0 aliphatic carbocycles. The fourth-order valence-corrected chi connectivity index (χ4v) is 3.50. The van der Waals surface area contributed by atoms with Gasteiger partial charge in [-0.1, -0.05) is 13.8 Å². The Morgan fingerprint density at radius 3 is 2.79 bits per heavy atom. The molecule has 0 spiro atoms. The summed E-state index contributed by atoms with van der Waals surface area (Å²) in [5, 5.41) is 10.2. The quantitative estimate of drug-likeness (QED) is 0.817. The van der Waals surface area contributed by atoms with E-state index in [0.717, 1.165) is 17.4 Å². The molecule has 1 fully saturated rings. The summed E-state index contributed by atoms with van der Waals surface area (Å²) in [5.41, 5.74) is 1.33. The van der Waals surface area contributed by atoms with Crippen molar-refractivity contribution in [2.45, 2.75) is 32.7 Å². The van der Waals surface area contributed by atoms with Crippen molar-refractivity contribution < 1.29 is 19.0 Å². The fourth-order valence-electron chi connectivity index (χ4n) is 3.50. The lowest BCUT2D eigenvalue weighted by molar-refractivity contribution is -0.145. The second kappa shape index (κ2) is 10.3. The molecule has 0 amide bonds. The largest absolute Gasteiger partial charge is 0.497 e. The smallest absolute Gasteiger partial charge is 0.322 e. The number of likely N-dealkylation sites (N-methyl/N-ethyl adjacent to an activating group) is 1. The Morgan fingerprint density at radius 1 is 1.36 bits per heavy atom. The predicted molar refractivity (Wildman–Crippen MR) is 108 cm³/mol. The number of aromatic nitrogens is 1. The molecule has 1 atom stereocenters. The number of fused-ring (bicyclic) bond motifs is 1. The highest BCUT2D eigenvalue weighted by Crippen LogP contribution is 2.25. The molecule has 154 valence electrons. The van der Waals surface area contributed by atoms with Crippen LogP contribution in [0, 0.1) is 5.82 Å². The van der Waals surface area contributed by atoms with E-state index in [-0.39, 0.29) is 5.82 Å². The maximum atomic E-state index is 14.4. The van der Waals surface area contributed by atoms with E-state index in [1.54, 1.807) is 19.2 Å². The van der Waals surface area contributed by atoms with Gasteiger partial charge in [0, 0.05) is 25.0 Å². The van der Waals surface area contributed by atoms with Crippen LogP contribution in [-0.4, -0.2) is 72.2 Å². The highest BCUT2D eigenvalue weighted by molar-refractivity contribution is 5.83. The van der Waals surface area contributed by atoms with Gasteiger partial charge in [-0.15, -0.1) is 0 Å². The van der Waals surface area contributed by atoms with Gasteiger partial charge < -0.3 is 14.7 Å². The van der Waals surface area contributed by atoms with Gasteiger partial charge in [0.15, 0.2) is 0 Å². The number of carboxylic acid groups (broad SMARTS) is 1. The zero-order chi connectivity index (χ0) is 20.7. The molecule has 0 radical (unpaired) electrons. The number of benzene rings is 1. The number of halogens is 1. The van der Waals surface area contributed by atoms with Crippen LogP contribution in [0.3, 0.4) is 0 Å². The third-order valence-corrected chi connectivity index (χ3v) is 4.99. The van der Waals surface area contributed by atoms with Gasteiger partial charge in [-0.2, -0.15) is 0 Å². The summed E-state index contributed by atoms with van der Waals surface area (Å²) in [4.78, 5) is 19.6. The van der Waals surface area contributed by atoms with Crippen molar-refractivity contribution in [1.82, 2.24) is 14.8 Å². The van der Waals surface area contributed by atoms with E-state index in [2.05, 4.69) is 4.98 Å². The van der Waals surface area contributed by atoms with E-state index in [1.807, 2.05) is 36.8 Å². The molecule has 1 N–H and O–H groups in total. The maximum absolute atomic E-state index is 14.4. The highest BCUT2D eigenvalue weighted by Gasteiger charge is 2.30. The Balaban J connectivity index is 0.00000136. The number of carbonyl (C=O) groups is 1. The third-order valence-electron chi connectivity index (χ3n) is 4.99. The summed E-state index contributed by atoms with van der Waals surface area (Å²) < 4.78 is 19.6.